The van der Waals surface area contributed by atoms with Crippen LogP contribution >= 0.6 is 11.7 Å². The van der Waals surface area contributed by atoms with E-state index in [-0.39, 0.29) is 5.56 Å². The average molecular weight is 275 g/mol. The third-order valence-electron chi connectivity index (χ3n) is 3.04. The molecule has 19 heavy (non-hydrogen) atoms. The molecule has 0 fully saturated rings. The molecule has 3 rings (SSSR count). The molecule has 0 atom stereocenters. The van der Waals surface area contributed by atoms with Crippen molar-refractivity contribution >= 4 is 39.6 Å². The van der Waals surface area contributed by atoms with E-state index in [9.17, 15) is 9.59 Å². The molecule has 96 valence electrons. The number of carboxylic acids is 1. The van der Waals surface area contributed by atoms with Gasteiger partial charge in [0.1, 0.15) is 16.6 Å². The zero-order valence-electron chi connectivity index (χ0n) is 9.95. The Hall–Kier alpha value is -2.28. The highest BCUT2D eigenvalue weighted by molar-refractivity contribution is 7.00. The van der Waals surface area contributed by atoms with E-state index in [4.69, 9.17) is 5.11 Å². The monoisotopic (exact) mass is 275 g/mol. The molecule has 0 amide bonds. The summed E-state index contributed by atoms with van der Waals surface area (Å²) >= 11 is 1.01. The third kappa shape index (κ3) is 1.62. The van der Waals surface area contributed by atoms with Crippen LogP contribution in [0.4, 0.5) is 0 Å². The summed E-state index contributed by atoms with van der Waals surface area (Å²) in [6, 6.07) is 3.56. The Morgan fingerprint density at radius 1 is 1.42 bits per heavy atom. The molecule has 0 aliphatic heterocycles. The van der Waals surface area contributed by atoms with Crippen molar-refractivity contribution in [2.75, 3.05) is 0 Å². The average Bonchev–Trinajstić information content (AvgIpc) is 2.86. The van der Waals surface area contributed by atoms with Crippen LogP contribution in [-0.4, -0.2) is 24.4 Å². The van der Waals surface area contributed by atoms with Crippen molar-refractivity contribution in [2.24, 2.45) is 0 Å². The van der Waals surface area contributed by atoms with Gasteiger partial charge < -0.3 is 9.67 Å². The predicted octanol–water partition coefficient (Wildman–Crippen LogP) is 1.72. The molecule has 2 heterocycles. The Bertz CT molecular complexity index is 866. The van der Waals surface area contributed by atoms with E-state index < -0.39 is 11.4 Å². The van der Waals surface area contributed by atoms with Gasteiger partial charge in [0.2, 0.25) is 5.43 Å². The van der Waals surface area contributed by atoms with Gasteiger partial charge in [-0.3, -0.25) is 4.79 Å². The minimum Gasteiger partial charge on any atom is -0.477 e. The second kappa shape index (κ2) is 4.13. The van der Waals surface area contributed by atoms with E-state index in [1.54, 1.807) is 16.7 Å². The fraction of sp³-hybridized carbons (Fsp3) is 0.167. The molecular formula is C12H9N3O3S. The molecule has 1 N–H and O–H groups in total. The minimum atomic E-state index is -1.23. The van der Waals surface area contributed by atoms with Crippen molar-refractivity contribution < 1.29 is 9.90 Å². The summed E-state index contributed by atoms with van der Waals surface area (Å²) in [5, 5.41) is 9.45. The number of benzene rings is 1. The first kappa shape index (κ1) is 11.8. The molecule has 0 aliphatic carbocycles. The van der Waals surface area contributed by atoms with Gasteiger partial charge in [0, 0.05) is 12.7 Å². The Labute approximate surface area is 111 Å². The number of hydrogen-bond donors (Lipinski definition) is 1. The number of aryl methyl sites for hydroxylation is 1. The molecule has 0 bridgehead atoms. The largest absolute Gasteiger partial charge is 0.477 e. The van der Waals surface area contributed by atoms with Crippen molar-refractivity contribution in [1.82, 2.24) is 13.3 Å². The van der Waals surface area contributed by atoms with Crippen LogP contribution in [0.15, 0.2) is 23.1 Å². The van der Waals surface area contributed by atoms with Gasteiger partial charge >= 0.3 is 5.97 Å². The third-order valence-corrected chi connectivity index (χ3v) is 3.59. The van der Waals surface area contributed by atoms with E-state index >= 15 is 0 Å². The number of rotatable bonds is 2. The summed E-state index contributed by atoms with van der Waals surface area (Å²) in [4.78, 5) is 23.5. The molecule has 2 aromatic heterocycles. The number of hydrogen-bond acceptors (Lipinski definition) is 5. The van der Waals surface area contributed by atoms with Crippen LogP contribution in [0.5, 0.6) is 0 Å². The normalized spacial score (nSPS) is 11.2. The highest BCUT2D eigenvalue weighted by Crippen LogP contribution is 2.21. The van der Waals surface area contributed by atoms with Gasteiger partial charge in [-0.05, 0) is 19.1 Å². The van der Waals surface area contributed by atoms with Crippen molar-refractivity contribution in [3.63, 3.8) is 0 Å². The van der Waals surface area contributed by atoms with Crippen LogP contribution in [-0.2, 0) is 6.54 Å². The second-order valence-electron chi connectivity index (χ2n) is 4.05. The summed E-state index contributed by atoms with van der Waals surface area (Å²) < 4.78 is 9.92. The highest BCUT2D eigenvalue weighted by atomic mass is 32.1. The van der Waals surface area contributed by atoms with Gasteiger partial charge in [-0.2, -0.15) is 8.75 Å². The summed E-state index contributed by atoms with van der Waals surface area (Å²) in [6.45, 7) is 2.46. The van der Waals surface area contributed by atoms with Gasteiger partial charge in [0.15, 0.2) is 0 Å². The van der Waals surface area contributed by atoms with E-state index in [0.29, 0.717) is 28.5 Å². The lowest BCUT2D eigenvalue weighted by molar-refractivity contribution is 0.0695. The van der Waals surface area contributed by atoms with Crippen molar-refractivity contribution in [1.29, 1.82) is 0 Å². The maximum atomic E-state index is 12.3. The van der Waals surface area contributed by atoms with E-state index in [2.05, 4.69) is 8.75 Å². The molecule has 0 saturated carbocycles. The summed E-state index contributed by atoms with van der Waals surface area (Å²) in [7, 11) is 0. The first-order valence-corrected chi connectivity index (χ1v) is 6.38. The smallest absolute Gasteiger partial charge is 0.341 e. The SMILES string of the molecule is CCn1cc(C(=O)O)c(=O)c2c3nsnc3ccc21. The zero-order valence-corrected chi connectivity index (χ0v) is 10.8. The standard InChI is InChI=1S/C12H9N3O3S/c1-2-15-5-6(12(17)18)11(16)9-8(15)4-3-7-10(9)14-19-13-7/h3-5H,2H2,1H3,(H,17,18). The lowest BCUT2D eigenvalue weighted by atomic mass is 10.1. The maximum Gasteiger partial charge on any atom is 0.341 e. The molecule has 6 nitrogen and oxygen atoms in total. The fourth-order valence-corrected chi connectivity index (χ4v) is 2.68. The van der Waals surface area contributed by atoms with Gasteiger partial charge in [-0.15, -0.1) is 0 Å². The molecule has 0 spiro atoms. The molecule has 0 radical (unpaired) electrons. The molecule has 7 heteroatoms. The molecular weight excluding hydrogens is 266 g/mol. The van der Waals surface area contributed by atoms with Crippen molar-refractivity contribution in [2.45, 2.75) is 13.5 Å². The van der Waals surface area contributed by atoms with Gasteiger partial charge in [-0.25, -0.2) is 4.79 Å². The molecule has 3 aromatic rings. The van der Waals surface area contributed by atoms with Gasteiger partial charge in [0.25, 0.3) is 0 Å². The number of pyridine rings is 1. The quantitative estimate of drug-likeness (QED) is 0.769. The molecule has 0 aliphatic rings. The molecule has 0 saturated heterocycles. The van der Waals surface area contributed by atoms with Crippen LogP contribution < -0.4 is 5.43 Å². The number of aromatic nitrogens is 3. The first-order chi connectivity index (χ1) is 9.13. The lowest BCUT2D eigenvalue weighted by Gasteiger charge is -2.09. The number of carbonyl (C=O) groups is 1. The van der Waals surface area contributed by atoms with Crippen LogP contribution in [0.3, 0.4) is 0 Å². The Morgan fingerprint density at radius 2 is 2.21 bits per heavy atom. The number of fused-ring (bicyclic) bond motifs is 3. The Kier molecular flexibility index (Phi) is 2.56. The highest BCUT2D eigenvalue weighted by Gasteiger charge is 2.17. The summed E-state index contributed by atoms with van der Waals surface area (Å²) in [5.74, 6) is -1.23. The van der Waals surface area contributed by atoms with Gasteiger partial charge in [0.05, 0.1) is 22.6 Å². The van der Waals surface area contributed by atoms with Crippen LogP contribution in [0.25, 0.3) is 21.9 Å². The van der Waals surface area contributed by atoms with Crippen LogP contribution in [0.1, 0.15) is 17.3 Å². The zero-order chi connectivity index (χ0) is 13.6. The first-order valence-electron chi connectivity index (χ1n) is 5.65. The Morgan fingerprint density at radius 3 is 2.89 bits per heavy atom. The summed E-state index contributed by atoms with van der Waals surface area (Å²) in [5.41, 5.74) is 1.01. The van der Waals surface area contributed by atoms with Crippen LogP contribution in [0, 0.1) is 0 Å². The van der Waals surface area contributed by atoms with E-state index in [1.807, 2.05) is 6.92 Å². The van der Waals surface area contributed by atoms with Crippen molar-refractivity contribution in [3.8, 4) is 0 Å². The number of nitrogens with zero attached hydrogens (tertiary/aromatic N) is 3. The topological polar surface area (TPSA) is 85.1 Å². The lowest BCUT2D eigenvalue weighted by Crippen LogP contribution is -2.18. The van der Waals surface area contributed by atoms with E-state index in [1.165, 1.54) is 6.20 Å². The maximum absolute atomic E-state index is 12.3. The van der Waals surface area contributed by atoms with E-state index in [0.717, 1.165) is 11.7 Å². The van der Waals surface area contributed by atoms with Gasteiger partial charge in [-0.1, -0.05) is 0 Å². The minimum absolute atomic E-state index is 0.241. The molecule has 1 aromatic carbocycles. The van der Waals surface area contributed by atoms with Crippen LogP contribution in [0.2, 0.25) is 0 Å². The predicted molar refractivity (Wildman–Crippen MR) is 71.8 cm³/mol. The second-order valence-corrected chi connectivity index (χ2v) is 4.58. The summed E-state index contributed by atoms with van der Waals surface area (Å²) in [6.07, 6.45) is 1.37. The van der Waals surface area contributed by atoms with Crippen molar-refractivity contribution in [3.05, 3.63) is 34.1 Å². The fourth-order valence-electron chi connectivity index (χ4n) is 2.14. The Balaban J connectivity index is 2.62. The number of aromatic carboxylic acids is 1. The molecule has 0 unspecified atom stereocenters. The number of carboxylic acid groups (broad SMARTS) is 1.